The van der Waals surface area contributed by atoms with Crippen LogP contribution in [0.3, 0.4) is 0 Å². The first-order valence-electron chi connectivity index (χ1n) is 26.6. The number of hydrogen-bond acceptors (Lipinski definition) is 1. The Bertz CT molecular complexity index is 4080. The fraction of sp³-hybridized carbons (Fsp3) is 0.111. The zero-order valence-electron chi connectivity index (χ0n) is 41.8. The molecule has 2 aliphatic carbocycles. The summed E-state index contributed by atoms with van der Waals surface area (Å²) in [5.41, 5.74) is 21.9. The van der Waals surface area contributed by atoms with Crippen molar-refractivity contribution in [1.82, 2.24) is 4.57 Å². The minimum atomic E-state index is -0.323. The molecule has 1 fully saturated rings. The van der Waals surface area contributed by atoms with Crippen molar-refractivity contribution in [2.75, 3.05) is 4.90 Å². The topological polar surface area (TPSA) is 8.17 Å². The third-order valence-corrected chi connectivity index (χ3v) is 16.7. The average molecular weight is 949 g/mol. The lowest BCUT2D eigenvalue weighted by atomic mass is 9.74. The van der Waals surface area contributed by atoms with E-state index in [2.05, 4.69) is 271 Å². The fourth-order valence-electron chi connectivity index (χ4n) is 13.2. The Kier molecular flexibility index (Phi) is 10.8. The lowest BCUT2D eigenvalue weighted by molar-refractivity contribution is 0.445. The molecule has 12 aromatic rings. The highest BCUT2D eigenvalue weighted by molar-refractivity contribution is 6.11. The monoisotopic (exact) mass is 948 g/mol. The molecular weight excluding hydrogens is 893 g/mol. The number of para-hydroxylation sites is 4. The summed E-state index contributed by atoms with van der Waals surface area (Å²) in [6.07, 6.45) is 6.40. The Balaban J connectivity index is 1.01. The van der Waals surface area contributed by atoms with Gasteiger partial charge in [-0.1, -0.05) is 226 Å². The van der Waals surface area contributed by atoms with E-state index in [1.54, 1.807) is 0 Å². The maximum Gasteiger partial charge on any atom is 0.0547 e. The molecule has 14 rings (SSSR count). The molecule has 354 valence electrons. The Morgan fingerprint density at radius 1 is 0.419 bits per heavy atom. The van der Waals surface area contributed by atoms with Gasteiger partial charge in [-0.2, -0.15) is 0 Å². The maximum atomic E-state index is 2.56. The van der Waals surface area contributed by atoms with E-state index in [9.17, 15) is 0 Å². The van der Waals surface area contributed by atoms with Gasteiger partial charge in [0.1, 0.15) is 0 Å². The summed E-state index contributed by atoms with van der Waals surface area (Å²) >= 11 is 0. The van der Waals surface area contributed by atoms with Crippen molar-refractivity contribution in [1.29, 1.82) is 0 Å². The van der Waals surface area contributed by atoms with Crippen molar-refractivity contribution in [3.05, 3.63) is 277 Å². The first-order valence-corrected chi connectivity index (χ1v) is 26.6. The fourth-order valence-corrected chi connectivity index (χ4v) is 13.2. The van der Waals surface area contributed by atoms with E-state index >= 15 is 0 Å². The van der Waals surface area contributed by atoms with Gasteiger partial charge < -0.3 is 9.47 Å². The molecule has 0 amide bonds. The lowest BCUT2D eigenvalue weighted by Gasteiger charge is -2.31. The molecule has 0 radical (unpaired) electrons. The molecule has 2 aliphatic rings. The highest BCUT2D eigenvalue weighted by atomic mass is 15.1. The molecule has 0 bridgehead atoms. The zero-order chi connectivity index (χ0) is 49.2. The number of fused-ring (bicyclic) bond motifs is 7. The summed E-state index contributed by atoms with van der Waals surface area (Å²) in [5.74, 6) is 0.553. The second-order valence-electron chi connectivity index (χ2n) is 20.7. The van der Waals surface area contributed by atoms with E-state index in [-0.39, 0.29) is 5.41 Å². The van der Waals surface area contributed by atoms with Gasteiger partial charge in [-0.15, -0.1) is 0 Å². The van der Waals surface area contributed by atoms with E-state index in [4.69, 9.17) is 0 Å². The lowest BCUT2D eigenvalue weighted by Crippen LogP contribution is -2.22. The van der Waals surface area contributed by atoms with Crippen LogP contribution in [0.4, 0.5) is 17.1 Å². The number of hydrogen-bond donors (Lipinski definition) is 0. The number of rotatable bonds is 9. The van der Waals surface area contributed by atoms with Crippen molar-refractivity contribution < 1.29 is 0 Å². The molecule has 1 heterocycles. The molecule has 1 atom stereocenters. The predicted octanol–water partition coefficient (Wildman–Crippen LogP) is 19.8. The summed E-state index contributed by atoms with van der Waals surface area (Å²) in [6.45, 7) is 2.42. The summed E-state index contributed by atoms with van der Waals surface area (Å²) in [7, 11) is 0. The van der Waals surface area contributed by atoms with E-state index in [0.29, 0.717) is 5.92 Å². The summed E-state index contributed by atoms with van der Waals surface area (Å²) in [6, 6.07) is 95.3. The van der Waals surface area contributed by atoms with Crippen molar-refractivity contribution in [2.45, 2.75) is 50.4 Å². The molecule has 0 N–H and O–H groups in total. The molecule has 0 aliphatic heterocycles. The number of anilines is 3. The second kappa shape index (κ2) is 18.1. The molecule has 1 unspecified atom stereocenters. The van der Waals surface area contributed by atoms with Crippen molar-refractivity contribution in [2.24, 2.45) is 0 Å². The highest BCUT2D eigenvalue weighted by Crippen LogP contribution is 2.57. The van der Waals surface area contributed by atoms with E-state index in [1.165, 1.54) is 126 Å². The van der Waals surface area contributed by atoms with Crippen LogP contribution in [-0.2, 0) is 5.41 Å². The minimum absolute atomic E-state index is 0.323. The molecule has 2 nitrogen and oxygen atoms in total. The molecule has 11 aromatic carbocycles. The smallest absolute Gasteiger partial charge is 0.0547 e. The first kappa shape index (κ1) is 44.0. The van der Waals surface area contributed by atoms with Crippen molar-refractivity contribution >= 4 is 49.6 Å². The molecule has 1 aromatic heterocycles. The van der Waals surface area contributed by atoms with Crippen LogP contribution in [0.1, 0.15) is 67.2 Å². The van der Waals surface area contributed by atoms with Crippen LogP contribution in [0.2, 0.25) is 0 Å². The van der Waals surface area contributed by atoms with Gasteiger partial charge in [0.2, 0.25) is 0 Å². The number of benzene rings is 11. The molecule has 1 saturated carbocycles. The Morgan fingerprint density at radius 2 is 1.00 bits per heavy atom. The predicted molar refractivity (Wildman–Crippen MR) is 313 cm³/mol. The second-order valence-corrected chi connectivity index (χ2v) is 20.7. The van der Waals surface area contributed by atoms with Crippen LogP contribution in [0, 0.1) is 0 Å². The average Bonchev–Trinajstić information content (AvgIpc) is 4.00. The standard InChI is InChI=1S/C72H56N2/c1-72(53-28-7-3-8-29-53)64-40-15-11-36-63(64)71-62(39-22-41-65(71)72)59-35-14-18-44-68(59)74(67-43-17-13-34-58(67)61-38-21-26-50-25-20-37-56(70(50)61)49-23-5-2-6-24-49)55-32-19-27-51(47-55)52-45-46-60-57-33-12-16-42-66(57)73(69(60)48-52)54-30-9-4-10-31-54/h3-4,7-22,25-49H,2,5-6,23-24H2,1H3. The van der Waals surface area contributed by atoms with Crippen LogP contribution in [0.25, 0.3) is 82.8 Å². The first-order chi connectivity index (χ1) is 36.6. The van der Waals surface area contributed by atoms with Gasteiger partial charge >= 0.3 is 0 Å². The molecule has 0 saturated heterocycles. The summed E-state index contributed by atoms with van der Waals surface area (Å²) < 4.78 is 2.42. The molecule has 0 spiro atoms. The summed E-state index contributed by atoms with van der Waals surface area (Å²) in [5, 5.41) is 5.19. The van der Waals surface area contributed by atoms with Gasteiger partial charge in [-0.3, -0.25) is 0 Å². The maximum absolute atomic E-state index is 2.56. The zero-order valence-corrected chi connectivity index (χ0v) is 41.8. The van der Waals surface area contributed by atoms with Crippen molar-refractivity contribution in [3.8, 4) is 50.2 Å². The molecule has 74 heavy (non-hydrogen) atoms. The minimum Gasteiger partial charge on any atom is -0.309 e. The Hall–Kier alpha value is -8.72. The summed E-state index contributed by atoms with van der Waals surface area (Å²) in [4.78, 5) is 2.56. The van der Waals surface area contributed by atoms with Crippen LogP contribution >= 0.6 is 0 Å². The third kappa shape index (κ3) is 7.07. The molecule has 2 heteroatoms. The van der Waals surface area contributed by atoms with Gasteiger partial charge in [-0.25, -0.2) is 0 Å². The Labute approximate surface area is 434 Å². The third-order valence-electron chi connectivity index (χ3n) is 16.7. The van der Waals surface area contributed by atoms with E-state index < -0.39 is 0 Å². The van der Waals surface area contributed by atoms with Gasteiger partial charge in [0, 0.05) is 38.7 Å². The van der Waals surface area contributed by atoms with Gasteiger partial charge in [0.15, 0.2) is 0 Å². The largest absolute Gasteiger partial charge is 0.309 e. The van der Waals surface area contributed by atoms with Crippen LogP contribution in [0.15, 0.2) is 255 Å². The highest BCUT2D eigenvalue weighted by Gasteiger charge is 2.42. The van der Waals surface area contributed by atoms with Gasteiger partial charge in [-0.05, 0) is 141 Å². The van der Waals surface area contributed by atoms with Gasteiger partial charge in [0.25, 0.3) is 0 Å². The molecular formula is C72H56N2. The van der Waals surface area contributed by atoms with Crippen LogP contribution in [-0.4, -0.2) is 4.57 Å². The SMILES string of the molecule is CC1(c2ccccc2)c2ccccc2-c2c(-c3ccccc3N(c3cccc(-c4ccc5c6ccccc6n(-c6ccccc6)c5c4)c3)c3ccccc3-c3cccc4cccc(C5CCCCC5)c34)cccc21. The Morgan fingerprint density at radius 3 is 1.80 bits per heavy atom. The van der Waals surface area contributed by atoms with Crippen LogP contribution in [0.5, 0.6) is 0 Å². The number of nitrogens with zero attached hydrogens (tertiary/aromatic N) is 2. The van der Waals surface area contributed by atoms with E-state index in [0.717, 1.165) is 28.3 Å². The number of aromatic nitrogens is 1. The van der Waals surface area contributed by atoms with Crippen molar-refractivity contribution in [3.63, 3.8) is 0 Å². The van der Waals surface area contributed by atoms with E-state index in [1.807, 2.05) is 0 Å². The van der Waals surface area contributed by atoms with Gasteiger partial charge in [0.05, 0.1) is 22.4 Å². The van der Waals surface area contributed by atoms with Crippen LogP contribution < -0.4 is 4.90 Å². The quantitative estimate of drug-likeness (QED) is 0.140. The normalized spacial score (nSPS) is 15.4.